The summed E-state index contributed by atoms with van der Waals surface area (Å²) in [5, 5.41) is 6.01. The molecular weight excluding hydrogens is 545 g/mol. The Morgan fingerprint density at radius 3 is 2.34 bits per heavy atom. The monoisotopic (exact) mass is 591 g/mol. The standard InChI is InChI=1S/C23H33N4O6P.C6H13N/c1-14(2)11-19(25-23(30)20-9-6-10-27(20)15(3)28)22(29)26-21(34(31,32)33)12-16-13-24-18-8-5-4-7-17(16)18;7-6-4-2-1-3-5-6/h4-5,7-8,13-14,19-21,24H,6,9-12H2,1-3H3,(H,25,30)(H,26,29)(H2,31,32,33);6H,1-5,7H2/t19-,20+,21+;/m0./s1. The smallest absolute Gasteiger partial charge is 0.347 e. The minimum absolute atomic E-state index is 0.0330. The molecule has 0 bridgehead atoms. The Hall–Kier alpha value is -2.72. The van der Waals surface area contributed by atoms with Crippen molar-refractivity contribution in [2.24, 2.45) is 11.7 Å². The average molecular weight is 592 g/mol. The number of para-hydroxylation sites is 1. The second kappa shape index (κ2) is 15.0. The highest BCUT2D eigenvalue weighted by molar-refractivity contribution is 7.52. The van der Waals surface area contributed by atoms with Gasteiger partial charge in [-0.15, -0.1) is 0 Å². The number of aromatic amines is 1. The van der Waals surface area contributed by atoms with Crippen LogP contribution in [-0.2, 0) is 25.4 Å². The van der Waals surface area contributed by atoms with E-state index < -0.39 is 37.3 Å². The quantitative estimate of drug-likeness (QED) is 0.243. The molecule has 12 heteroatoms. The maximum absolute atomic E-state index is 13.1. The fraction of sp³-hybridized carbons (Fsp3) is 0.621. The number of likely N-dealkylation sites (tertiary alicyclic amines) is 1. The van der Waals surface area contributed by atoms with Crippen molar-refractivity contribution in [1.29, 1.82) is 0 Å². The van der Waals surface area contributed by atoms with Crippen molar-refractivity contribution in [3.8, 4) is 0 Å². The van der Waals surface area contributed by atoms with E-state index in [1.54, 1.807) is 6.20 Å². The van der Waals surface area contributed by atoms with Crippen LogP contribution in [-0.4, -0.2) is 67.8 Å². The maximum Gasteiger partial charge on any atom is 0.347 e. The summed E-state index contributed by atoms with van der Waals surface area (Å²) in [6.07, 6.45) is 9.74. The number of fused-ring (bicyclic) bond motifs is 1. The largest absolute Gasteiger partial charge is 0.361 e. The van der Waals surface area contributed by atoms with Gasteiger partial charge in [-0.2, -0.15) is 0 Å². The molecule has 2 fully saturated rings. The lowest BCUT2D eigenvalue weighted by Crippen LogP contribution is -2.54. The number of carbonyl (C=O) groups excluding carboxylic acids is 3. The Morgan fingerprint density at radius 1 is 1.07 bits per heavy atom. The van der Waals surface area contributed by atoms with Gasteiger partial charge in [-0.3, -0.25) is 18.9 Å². The van der Waals surface area contributed by atoms with E-state index in [0.717, 1.165) is 10.9 Å². The number of benzene rings is 1. The van der Waals surface area contributed by atoms with Crippen LogP contribution in [0, 0.1) is 5.92 Å². The first-order valence-electron chi connectivity index (χ1n) is 14.6. The first kappa shape index (κ1) is 32.8. The highest BCUT2D eigenvalue weighted by atomic mass is 31.2. The summed E-state index contributed by atoms with van der Waals surface area (Å²) in [5.41, 5.74) is 7.12. The number of hydrogen-bond acceptors (Lipinski definition) is 5. The van der Waals surface area contributed by atoms with E-state index in [-0.39, 0.29) is 24.7 Å². The Labute approximate surface area is 242 Å². The van der Waals surface area contributed by atoms with E-state index in [2.05, 4.69) is 15.6 Å². The molecular formula is C29H46N5O6P. The Balaban J connectivity index is 0.000000575. The zero-order valence-corrected chi connectivity index (χ0v) is 25.2. The highest BCUT2D eigenvalue weighted by Gasteiger charge is 2.37. The molecule has 0 radical (unpaired) electrons. The molecule has 41 heavy (non-hydrogen) atoms. The lowest BCUT2D eigenvalue weighted by Gasteiger charge is -2.28. The van der Waals surface area contributed by atoms with Crippen molar-refractivity contribution in [1.82, 2.24) is 20.5 Å². The van der Waals surface area contributed by atoms with Gasteiger partial charge < -0.3 is 36.0 Å². The van der Waals surface area contributed by atoms with Crippen LogP contribution < -0.4 is 16.4 Å². The number of amides is 3. The third-order valence-electron chi connectivity index (χ3n) is 7.75. The molecule has 7 N–H and O–H groups in total. The zero-order valence-electron chi connectivity index (χ0n) is 24.3. The van der Waals surface area contributed by atoms with Gasteiger partial charge in [-0.25, -0.2) is 0 Å². The molecule has 2 aliphatic rings. The highest BCUT2D eigenvalue weighted by Crippen LogP contribution is 2.42. The van der Waals surface area contributed by atoms with E-state index in [1.165, 1.54) is 43.9 Å². The Morgan fingerprint density at radius 2 is 1.76 bits per heavy atom. The summed E-state index contributed by atoms with van der Waals surface area (Å²) in [4.78, 5) is 62.3. The Kier molecular flexibility index (Phi) is 12.0. The number of hydrogen-bond donors (Lipinski definition) is 6. The fourth-order valence-corrected chi connectivity index (χ4v) is 6.28. The molecule has 1 aromatic carbocycles. The molecule has 3 atom stereocenters. The predicted molar refractivity (Wildman–Crippen MR) is 159 cm³/mol. The van der Waals surface area contributed by atoms with Crippen LogP contribution in [0.25, 0.3) is 10.9 Å². The van der Waals surface area contributed by atoms with E-state index in [4.69, 9.17) is 5.73 Å². The third kappa shape index (κ3) is 9.67. The number of nitrogens with two attached hydrogens (primary N) is 1. The van der Waals surface area contributed by atoms with Crippen molar-refractivity contribution in [2.45, 2.75) is 102 Å². The lowest BCUT2D eigenvalue weighted by molar-refractivity contribution is -0.138. The molecule has 1 saturated heterocycles. The Bertz CT molecular complexity index is 1220. The molecule has 4 rings (SSSR count). The molecule has 1 aromatic heterocycles. The van der Waals surface area contributed by atoms with Crippen LogP contribution in [0.4, 0.5) is 0 Å². The van der Waals surface area contributed by atoms with Gasteiger partial charge in [0.1, 0.15) is 17.9 Å². The molecule has 11 nitrogen and oxygen atoms in total. The van der Waals surface area contributed by atoms with Gasteiger partial charge in [0.05, 0.1) is 0 Å². The first-order valence-corrected chi connectivity index (χ1v) is 16.3. The van der Waals surface area contributed by atoms with Crippen LogP contribution in [0.2, 0.25) is 0 Å². The fourth-order valence-electron chi connectivity index (χ4n) is 5.55. The zero-order chi connectivity index (χ0) is 30.2. The van der Waals surface area contributed by atoms with Gasteiger partial charge in [-0.1, -0.05) is 51.3 Å². The third-order valence-corrected chi connectivity index (χ3v) is 8.88. The molecule has 3 amide bonds. The van der Waals surface area contributed by atoms with Crippen LogP contribution in [0.3, 0.4) is 0 Å². The van der Waals surface area contributed by atoms with Crippen molar-refractivity contribution in [3.63, 3.8) is 0 Å². The molecule has 1 aliphatic heterocycles. The van der Waals surface area contributed by atoms with Gasteiger partial charge in [-0.05, 0) is 49.7 Å². The molecule has 0 unspecified atom stereocenters. The van der Waals surface area contributed by atoms with Crippen molar-refractivity contribution < 1.29 is 28.7 Å². The van der Waals surface area contributed by atoms with Crippen LogP contribution in [0.1, 0.15) is 77.7 Å². The summed E-state index contributed by atoms with van der Waals surface area (Å²) in [6, 6.07) is 6.26. The number of nitrogens with zero attached hydrogens (tertiary/aromatic N) is 1. The number of nitrogens with one attached hydrogen (secondary N) is 3. The van der Waals surface area contributed by atoms with E-state index in [1.807, 2.05) is 38.1 Å². The summed E-state index contributed by atoms with van der Waals surface area (Å²) in [6.45, 7) is 5.66. The molecule has 1 saturated carbocycles. The SMILES string of the molecule is CC(=O)N1CCC[C@@H]1C(=O)N[C@@H](CC(C)C)C(=O)N[C@@H](Cc1c[nH]c2ccccc12)P(=O)(O)O.NC1CCCCC1. The van der Waals surface area contributed by atoms with Crippen molar-refractivity contribution in [3.05, 3.63) is 36.0 Å². The average Bonchev–Trinajstić information content (AvgIpc) is 3.56. The molecule has 0 spiro atoms. The lowest BCUT2D eigenvalue weighted by atomic mass is 9.97. The van der Waals surface area contributed by atoms with Crippen LogP contribution >= 0.6 is 7.60 Å². The minimum Gasteiger partial charge on any atom is -0.361 e. The van der Waals surface area contributed by atoms with Crippen LogP contribution in [0.5, 0.6) is 0 Å². The predicted octanol–water partition coefficient (Wildman–Crippen LogP) is 3.15. The summed E-state index contributed by atoms with van der Waals surface area (Å²) in [7, 11) is -4.71. The number of rotatable bonds is 9. The van der Waals surface area contributed by atoms with E-state index >= 15 is 0 Å². The van der Waals surface area contributed by atoms with Gasteiger partial charge in [0.2, 0.25) is 17.7 Å². The van der Waals surface area contributed by atoms with Gasteiger partial charge in [0.25, 0.3) is 0 Å². The number of aromatic nitrogens is 1. The minimum atomic E-state index is -4.71. The maximum atomic E-state index is 13.1. The summed E-state index contributed by atoms with van der Waals surface area (Å²) >= 11 is 0. The molecule has 1 aliphatic carbocycles. The number of carbonyl (C=O) groups is 3. The van der Waals surface area contributed by atoms with E-state index in [0.29, 0.717) is 31.0 Å². The van der Waals surface area contributed by atoms with Gasteiger partial charge in [0.15, 0.2) is 0 Å². The molecule has 228 valence electrons. The van der Waals surface area contributed by atoms with Crippen LogP contribution in [0.15, 0.2) is 30.5 Å². The van der Waals surface area contributed by atoms with Gasteiger partial charge in [0, 0.05) is 43.0 Å². The van der Waals surface area contributed by atoms with E-state index in [9.17, 15) is 28.7 Å². The topological polar surface area (TPSA) is 178 Å². The summed E-state index contributed by atoms with van der Waals surface area (Å²) in [5.74, 6) is -2.72. The first-order chi connectivity index (χ1) is 19.4. The normalized spacial score (nSPS) is 19.4. The van der Waals surface area contributed by atoms with Crippen molar-refractivity contribution >= 4 is 36.2 Å². The molecule has 2 heterocycles. The second-order valence-corrected chi connectivity index (χ2v) is 13.4. The molecule has 2 aromatic rings. The van der Waals surface area contributed by atoms with Gasteiger partial charge >= 0.3 is 7.60 Å². The second-order valence-electron chi connectivity index (χ2n) is 11.6. The summed E-state index contributed by atoms with van der Waals surface area (Å²) < 4.78 is 12.3. The number of H-pyrrole nitrogens is 1. The van der Waals surface area contributed by atoms with Crippen molar-refractivity contribution in [2.75, 3.05) is 6.54 Å².